The van der Waals surface area contributed by atoms with Gasteiger partial charge in [0.05, 0.1) is 5.52 Å². The molecule has 4 rings (SSSR count). The number of ether oxygens (including phenoxy) is 1. The van der Waals surface area contributed by atoms with Gasteiger partial charge in [0.2, 0.25) is 0 Å². The molecule has 0 aliphatic rings. The maximum absolute atomic E-state index is 14.1. The highest BCUT2D eigenvalue weighted by Gasteiger charge is 2.14. The number of carboxylic acid groups (broad SMARTS) is 1. The molecule has 0 saturated heterocycles. The van der Waals surface area contributed by atoms with Gasteiger partial charge in [-0.05, 0) is 72.9 Å². The van der Waals surface area contributed by atoms with Crippen LogP contribution in [0.1, 0.15) is 27.2 Å². The van der Waals surface area contributed by atoms with Crippen LogP contribution in [-0.4, -0.2) is 28.7 Å². The highest BCUT2D eigenvalue weighted by atomic mass is 19.1. The zero-order valence-corrected chi connectivity index (χ0v) is 18.2. The molecule has 1 amide bonds. The average molecular weight is 446 g/mol. The van der Waals surface area contributed by atoms with E-state index in [1.165, 1.54) is 6.07 Å². The number of carbonyl (C=O) groups excluding carboxylic acids is 1. The number of carbonyl (C=O) groups is 2. The number of benzene rings is 3. The number of rotatable bonds is 6. The van der Waals surface area contributed by atoms with Crippen molar-refractivity contribution in [1.29, 1.82) is 0 Å². The number of aryl methyl sites for hydroxylation is 2. The Morgan fingerprint density at radius 2 is 1.61 bits per heavy atom. The van der Waals surface area contributed by atoms with Crippen molar-refractivity contribution in [2.45, 2.75) is 20.3 Å². The van der Waals surface area contributed by atoms with E-state index in [-0.39, 0.29) is 17.5 Å². The summed E-state index contributed by atoms with van der Waals surface area (Å²) in [5.41, 5.74) is 5.70. The summed E-state index contributed by atoms with van der Waals surface area (Å²) in [5.74, 6) is -0.226. The highest BCUT2D eigenvalue weighted by molar-refractivity contribution is 5.95. The first-order valence-corrected chi connectivity index (χ1v) is 10.5. The van der Waals surface area contributed by atoms with E-state index in [1.807, 2.05) is 26.0 Å². The van der Waals surface area contributed by atoms with Crippen LogP contribution >= 0.6 is 0 Å². The number of aromatic amines is 1. The second-order valence-corrected chi connectivity index (χ2v) is 7.82. The number of fused-ring (bicyclic) bond motifs is 1. The number of hydrogen-bond donors (Lipinski definition) is 3. The Morgan fingerprint density at radius 3 is 2.24 bits per heavy atom. The summed E-state index contributed by atoms with van der Waals surface area (Å²) in [6.45, 7) is 4.29. The molecule has 0 radical (unpaired) electrons. The lowest BCUT2D eigenvalue weighted by Gasteiger charge is -2.08. The lowest BCUT2D eigenvalue weighted by molar-refractivity contribution is 0.0954. The minimum Gasteiger partial charge on any atom is -0.449 e. The van der Waals surface area contributed by atoms with Gasteiger partial charge in [-0.15, -0.1) is 0 Å². The second kappa shape index (κ2) is 9.16. The third kappa shape index (κ3) is 4.72. The van der Waals surface area contributed by atoms with Crippen molar-refractivity contribution < 1.29 is 23.8 Å². The summed E-state index contributed by atoms with van der Waals surface area (Å²) < 4.78 is 18.7. The van der Waals surface area contributed by atoms with Gasteiger partial charge in [-0.3, -0.25) is 4.79 Å². The summed E-state index contributed by atoms with van der Waals surface area (Å²) in [5, 5.41) is 12.5. The van der Waals surface area contributed by atoms with E-state index in [2.05, 4.69) is 15.0 Å². The normalized spacial score (nSPS) is 10.9. The molecule has 3 N–H and O–H groups in total. The monoisotopic (exact) mass is 446 g/mol. The Labute approximate surface area is 190 Å². The van der Waals surface area contributed by atoms with E-state index >= 15 is 0 Å². The molecule has 0 aliphatic carbocycles. The Balaban J connectivity index is 1.40. The fraction of sp³-hybridized carbons (Fsp3) is 0.154. The molecule has 0 atom stereocenters. The van der Waals surface area contributed by atoms with Crippen molar-refractivity contribution in [1.82, 2.24) is 10.3 Å². The van der Waals surface area contributed by atoms with Crippen LogP contribution in [-0.2, 0) is 6.42 Å². The Bertz CT molecular complexity index is 1330. The highest BCUT2D eigenvalue weighted by Crippen LogP contribution is 2.28. The van der Waals surface area contributed by atoms with Crippen LogP contribution in [0.25, 0.3) is 22.0 Å². The summed E-state index contributed by atoms with van der Waals surface area (Å²) in [4.78, 5) is 26.3. The van der Waals surface area contributed by atoms with Gasteiger partial charge in [-0.1, -0.05) is 30.3 Å². The molecule has 1 heterocycles. The van der Waals surface area contributed by atoms with Crippen LogP contribution in [0.5, 0.6) is 5.75 Å². The minimum atomic E-state index is -1.36. The summed E-state index contributed by atoms with van der Waals surface area (Å²) in [6, 6.07) is 17.0. The third-order valence-corrected chi connectivity index (χ3v) is 5.63. The molecule has 0 aliphatic heterocycles. The smallest absolute Gasteiger partial charge is 0.449 e. The standard InChI is InChI=1S/C26H23FN2O4/c1-15-3-12-22(27)24-23(15)21(16(2)29-24)13-14-28-25(30)19-6-4-17(5-7-19)18-8-10-20(11-9-18)33-26(31)32/h3-12,29H,13-14H2,1-2H3,(H,28,30)(H,31,32). The first-order valence-electron chi connectivity index (χ1n) is 10.5. The molecule has 0 spiro atoms. The number of hydrogen-bond acceptors (Lipinski definition) is 3. The quantitative estimate of drug-likeness (QED) is 0.265. The molecule has 33 heavy (non-hydrogen) atoms. The van der Waals surface area contributed by atoms with Crippen molar-refractivity contribution >= 4 is 23.0 Å². The zero-order chi connectivity index (χ0) is 23.5. The predicted molar refractivity (Wildman–Crippen MR) is 124 cm³/mol. The summed E-state index contributed by atoms with van der Waals surface area (Å²) in [7, 11) is 0. The predicted octanol–water partition coefficient (Wildman–Crippen LogP) is 5.62. The minimum absolute atomic E-state index is 0.188. The molecule has 168 valence electrons. The first kappa shape index (κ1) is 22.1. The average Bonchev–Trinajstić information content (AvgIpc) is 3.14. The number of aromatic nitrogens is 1. The molecule has 3 aromatic carbocycles. The van der Waals surface area contributed by atoms with E-state index in [0.29, 0.717) is 24.0 Å². The summed E-state index contributed by atoms with van der Waals surface area (Å²) >= 11 is 0. The van der Waals surface area contributed by atoms with Crippen LogP contribution in [0.3, 0.4) is 0 Å². The second-order valence-electron chi connectivity index (χ2n) is 7.82. The molecule has 0 fully saturated rings. The molecular formula is C26H23FN2O4. The van der Waals surface area contributed by atoms with E-state index < -0.39 is 6.16 Å². The fourth-order valence-electron chi connectivity index (χ4n) is 3.99. The van der Waals surface area contributed by atoms with Gasteiger partial charge in [0.1, 0.15) is 11.6 Å². The van der Waals surface area contributed by atoms with E-state index in [9.17, 15) is 14.0 Å². The van der Waals surface area contributed by atoms with Crippen LogP contribution in [0.15, 0.2) is 60.7 Å². The Morgan fingerprint density at radius 1 is 0.970 bits per heavy atom. The molecule has 0 saturated carbocycles. The van der Waals surface area contributed by atoms with Crippen LogP contribution in [0.4, 0.5) is 9.18 Å². The molecule has 7 heteroatoms. The van der Waals surface area contributed by atoms with Gasteiger partial charge >= 0.3 is 6.16 Å². The zero-order valence-electron chi connectivity index (χ0n) is 18.2. The number of amides is 1. The molecule has 0 bridgehead atoms. The summed E-state index contributed by atoms with van der Waals surface area (Å²) in [6.07, 6.45) is -0.773. The number of halogens is 1. The first-order chi connectivity index (χ1) is 15.8. The van der Waals surface area contributed by atoms with E-state index in [4.69, 9.17) is 5.11 Å². The van der Waals surface area contributed by atoms with Crippen molar-refractivity contribution in [2.24, 2.45) is 0 Å². The fourth-order valence-corrected chi connectivity index (χ4v) is 3.99. The van der Waals surface area contributed by atoms with E-state index in [1.54, 1.807) is 42.5 Å². The largest absolute Gasteiger partial charge is 0.511 e. The van der Waals surface area contributed by atoms with Crippen molar-refractivity contribution in [3.8, 4) is 16.9 Å². The van der Waals surface area contributed by atoms with Crippen LogP contribution in [0.2, 0.25) is 0 Å². The Kier molecular flexibility index (Phi) is 6.13. The molecule has 0 unspecified atom stereocenters. The lowest BCUT2D eigenvalue weighted by Crippen LogP contribution is -2.25. The van der Waals surface area contributed by atoms with E-state index in [0.717, 1.165) is 33.3 Å². The lowest BCUT2D eigenvalue weighted by atomic mass is 10.0. The maximum Gasteiger partial charge on any atom is 0.511 e. The molecular weight excluding hydrogens is 423 g/mol. The molecule has 4 aromatic rings. The maximum atomic E-state index is 14.1. The third-order valence-electron chi connectivity index (χ3n) is 5.63. The SMILES string of the molecule is Cc1[nH]c2c(F)ccc(C)c2c1CCNC(=O)c1ccc(-c2ccc(OC(=O)O)cc2)cc1. The molecule has 6 nitrogen and oxygen atoms in total. The van der Waals surface area contributed by atoms with Gasteiger partial charge in [0.25, 0.3) is 5.91 Å². The van der Waals surface area contributed by atoms with Crippen molar-refractivity contribution in [3.05, 3.63) is 88.9 Å². The number of nitrogens with one attached hydrogen (secondary N) is 2. The van der Waals surface area contributed by atoms with Gasteiger partial charge in [-0.2, -0.15) is 0 Å². The van der Waals surface area contributed by atoms with Crippen molar-refractivity contribution in [3.63, 3.8) is 0 Å². The van der Waals surface area contributed by atoms with Crippen LogP contribution in [0, 0.1) is 19.7 Å². The van der Waals surface area contributed by atoms with Gasteiger partial charge in [0.15, 0.2) is 0 Å². The van der Waals surface area contributed by atoms with Gasteiger partial charge in [0, 0.05) is 23.2 Å². The van der Waals surface area contributed by atoms with Gasteiger partial charge in [-0.25, -0.2) is 9.18 Å². The van der Waals surface area contributed by atoms with Crippen LogP contribution < -0.4 is 10.1 Å². The molecule has 1 aromatic heterocycles. The van der Waals surface area contributed by atoms with Crippen molar-refractivity contribution in [2.75, 3.05) is 6.54 Å². The Hall–Kier alpha value is -4.13. The number of H-pyrrole nitrogens is 1. The topological polar surface area (TPSA) is 91.4 Å². The van der Waals surface area contributed by atoms with Gasteiger partial charge < -0.3 is 20.1 Å².